The van der Waals surface area contributed by atoms with Crippen LogP contribution in [-0.4, -0.2) is 79.5 Å². The van der Waals surface area contributed by atoms with Crippen LogP contribution < -0.4 is 4.74 Å². The fourth-order valence-electron chi connectivity index (χ4n) is 2.78. The molecular weight excluding hydrogens is 308 g/mol. The minimum absolute atomic E-state index is 0.0487. The van der Waals surface area contributed by atoms with Crippen molar-refractivity contribution in [2.75, 3.05) is 52.5 Å². The van der Waals surface area contributed by atoms with Crippen LogP contribution in [0.3, 0.4) is 0 Å². The van der Waals surface area contributed by atoms with Gasteiger partial charge in [0.2, 0.25) is 0 Å². The molecule has 24 heavy (non-hydrogen) atoms. The fraction of sp³-hybridized carbons (Fsp3) is 0.611. The van der Waals surface area contributed by atoms with Crippen LogP contribution in [0.2, 0.25) is 0 Å². The highest BCUT2D eigenvalue weighted by Gasteiger charge is 2.23. The maximum Gasteiger partial charge on any atom is 0.253 e. The average Bonchev–Trinajstić information content (AvgIpc) is 2.61. The molecule has 6 nitrogen and oxygen atoms in total. The number of aliphatic hydroxyl groups excluding tert-OH is 1. The van der Waals surface area contributed by atoms with Crippen molar-refractivity contribution in [3.8, 4) is 5.75 Å². The summed E-state index contributed by atoms with van der Waals surface area (Å²) >= 11 is 0. The Bertz CT molecular complexity index is 498. The summed E-state index contributed by atoms with van der Waals surface area (Å²) in [7, 11) is 0. The molecule has 134 valence electrons. The molecule has 1 fully saturated rings. The van der Waals surface area contributed by atoms with E-state index in [-0.39, 0.29) is 5.91 Å². The van der Waals surface area contributed by atoms with Crippen molar-refractivity contribution in [1.82, 2.24) is 9.80 Å². The van der Waals surface area contributed by atoms with E-state index in [9.17, 15) is 9.90 Å². The number of amides is 1. The number of β-amino-alcohol motifs (C(OH)–C–C–N with tert-alkyl or cyclic N) is 1. The summed E-state index contributed by atoms with van der Waals surface area (Å²) in [5, 5.41) is 9.90. The van der Waals surface area contributed by atoms with Gasteiger partial charge in [-0.3, -0.25) is 9.69 Å². The van der Waals surface area contributed by atoms with E-state index in [2.05, 4.69) is 4.90 Å². The Morgan fingerprint density at radius 1 is 1.12 bits per heavy atom. The van der Waals surface area contributed by atoms with E-state index in [0.717, 1.165) is 18.8 Å². The molecule has 0 radical (unpaired) electrons. The summed E-state index contributed by atoms with van der Waals surface area (Å²) in [6.07, 6.45) is -0.474. The molecule has 0 bridgehead atoms. The predicted octanol–water partition coefficient (Wildman–Crippen LogP) is 1.24. The van der Waals surface area contributed by atoms with Crippen LogP contribution in [0, 0.1) is 0 Å². The Morgan fingerprint density at radius 3 is 2.38 bits per heavy atom. The van der Waals surface area contributed by atoms with Gasteiger partial charge in [0.25, 0.3) is 5.91 Å². The van der Waals surface area contributed by atoms with Gasteiger partial charge in [-0.15, -0.1) is 0 Å². The average molecular weight is 336 g/mol. The zero-order valence-electron chi connectivity index (χ0n) is 14.6. The first kappa shape index (κ1) is 18.7. The first-order chi connectivity index (χ1) is 11.6. The van der Waals surface area contributed by atoms with Crippen LogP contribution in [0.5, 0.6) is 5.75 Å². The van der Waals surface area contributed by atoms with E-state index in [1.54, 1.807) is 0 Å². The van der Waals surface area contributed by atoms with Gasteiger partial charge in [0.15, 0.2) is 0 Å². The van der Waals surface area contributed by atoms with Gasteiger partial charge in [-0.25, -0.2) is 0 Å². The molecule has 2 rings (SSSR count). The Balaban J connectivity index is 1.79. The fourth-order valence-corrected chi connectivity index (χ4v) is 2.78. The van der Waals surface area contributed by atoms with E-state index in [1.165, 1.54) is 0 Å². The van der Waals surface area contributed by atoms with Crippen LogP contribution in [0.15, 0.2) is 24.3 Å². The molecule has 6 heteroatoms. The molecular formula is C18H28N2O4. The first-order valence-corrected chi connectivity index (χ1v) is 8.64. The molecule has 1 amide bonds. The molecule has 1 atom stereocenters. The van der Waals surface area contributed by atoms with Crippen LogP contribution in [0.25, 0.3) is 0 Å². The lowest BCUT2D eigenvalue weighted by Gasteiger charge is -2.35. The van der Waals surface area contributed by atoms with Crippen molar-refractivity contribution < 1.29 is 19.4 Å². The van der Waals surface area contributed by atoms with Crippen molar-refractivity contribution in [3.05, 3.63) is 29.8 Å². The van der Waals surface area contributed by atoms with Crippen LogP contribution >= 0.6 is 0 Å². The molecule has 1 aliphatic heterocycles. The topological polar surface area (TPSA) is 62.2 Å². The van der Waals surface area contributed by atoms with Crippen molar-refractivity contribution in [2.45, 2.75) is 20.0 Å². The van der Waals surface area contributed by atoms with E-state index in [1.807, 2.05) is 43.0 Å². The zero-order valence-corrected chi connectivity index (χ0v) is 14.6. The number of piperazine rings is 1. The van der Waals surface area contributed by atoms with Gasteiger partial charge in [-0.05, 0) is 38.1 Å². The summed E-state index contributed by atoms with van der Waals surface area (Å²) in [4.78, 5) is 16.6. The highest BCUT2D eigenvalue weighted by atomic mass is 16.5. The molecule has 0 spiro atoms. The van der Waals surface area contributed by atoms with Gasteiger partial charge in [0, 0.05) is 44.9 Å². The van der Waals surface area contributed by atoms with Gasteiger partial charge < -0.3 is 19.5 Å². The molecule has 1 heterocycles. The van der Waals surface area contributed by atoms with Crippen LogP contribution in [0.1, 0.15) is 24.2 Å². The summed E-state index contributed by atoms with van der Waals surface area (Å²) in [5.74, 6) is 0.828. The number of carbonyl (C=O) groups is 1. The number of hydrogen-bond donors (Lipinski definition) is 1. The van der Waals surface area contributed by atoms with Gasteiger partial charge in [-0.2, -0.15) is 0 Å². The zero-order chi connectivity index (χ0) is 17.4. The number of hydrogen-bond acceptors (Lipinski definition) is 5. The first-order valence-electron chi connectivity index (χ1n) is 8.64. The number of nitrogens with zero attached hydrogens (tertiary/aromatic N) is 2. The molecule has 1 aliphatic rings. The second-order valence-electron chi connectivity index (χ2n) is 5.86. The number of carbonyl (C=O) groups excluding carboxylic acids is 1. The third-order valence-corrected chi connectivity index (χ3v) is 4.06. The number of ether oxygens (including phenoxy) is 2. The van der Waals surface area contributed by atoms with E-state index >= 15 is 0 Å². The minimum atomic E-state index is -0.474. The van der Waals surface area contributed by atoms with Crippen molar-refractivity contribution in [2.24, 2.45) is 0 Å². The molecule has 1 aromatic rings. The molecule has 1 aromatic carbocycles. The molecule has 1 saturated heterocycles. The normalized spacial score (nSPS) is 16.9. The Hall–Kier alpha value is -1.63. The number of benzene rings is 1. The lowest BCUT2D eigenvalue weighted by atomic mass is 10.1. The minimum Gasteiger partial charge on any atom is -0.494 e. The van der Waals surface area contributed by atoms with E-state index in [4.69, 9.17) is 9.47 Å². The highest BCUT2D eigenvalue weighted by molar-refractivity contribution is 5.94. The Labute approximate surface area is 144 Å². The summed E-state index contributed by atoms with van der Waals surface area (Å²) in [6.45, 7) is 8.92. The summed E-state index contributed by atoms with van der Waals surface area (Å²) in [6, 6.07) is 7.28. The third-order valence-electron chi connectivity index (χ3n) is 4.06. The van der Waals surface area contributed by atoms with Crippen molar-refractivity contribution >= 4 is 5.91 Å². The summed E-state index contributed by atoms with van der Waals surface area (Å²) < 4.78 is 10.6. The van der Waals surface area contributed by atoms with Crippen molar-refractivity contribution in [1.29, 1.82) is 0 Å². The Morgan fingerprint density at radius 2 is 1.79 bits per heavy atom. The lowest BCUT2D eigenvalue weighted by molar-refractivity contribution is 0.0111. The van der Waals surface area contributed by atoms with Crippen LogP contribution in [-0.2, 0) is 4.74 Å². The van der Waals surface area contributed by atoms with Crippen LogP contribution in [0.4, 0.5) is 0 Å². The van der Waals surface area contributed by atoms with E-state index in [0.29, 0.717) is 45.0 Å². The quantitative estimate of drug-likeness (QED) is 0.774. The third kappa shape index (κ3) is 5.47. The maximum atomic E-state index is 12.5. The number of rotatable bonds is 8. The molecule has 0 aromatic heterocycles. The predicted molar refractivity (Wildman–Crippen MR) is 92.5 cm³/mol. The SMILES string of the molecule is CCOC[C@H](O)CN1CCN(C(=O)c2ccc(OCC)cc2)CC1. The monoisotopic (exact) mass is 336 g/mol. The van der Waals surface area contributed by atoms with E-state index < -0.39 is 6.10 Å². The smallest absolute Gasteiger partial charge is 0.253 e. The second kappa shape index (κ2) is 9.61. The number of aliphatic hydroxyl groups is 1. The second-order valence-corrected chi connectivity index (χ2v) is 5.86. The molecule has 0 saturated carbocycles. The Kier molecular flexibility index (Phi) is 7.49. The van der Waals surface area contributed by atoms with Gasteiger partial charge in [0.1, 0.15) is 5.75 Å². The van der Waals surface area contributed by atoms with Crippen molar-refractivity contribution in [3.63, 3.8) is 0 Å². The van der Waals surface area contributed by atoms with Gasteiger partial charge in [-0.1, -0.05) is 0 Å². The summed E-state index contributed by atoms with van der Waals surface area (Å²) in [5.41, 5.74) is 0.684. The largest absolute Gasteiger partial charge is 0.494 e. The highest BCUT2D eigenvalue weighted by Crippen LogP contribution is 2.15. The van der Waals surface area contributed by atoms with Gasteiger partial charge in [0.05, 0.1) is 19.3 Å². The lowest BCUT2D eigenvalue weighted by Crippen LogP contribution is -2.50. The maximum absolute atomic E-state index is 12.5. The molecule has 0 aliphatic carbocycles. The van der Waals surface area contributed by atoms with Gasteiger partial charge >= 0.3 is 0 Å². The molecule has 1 N–H and O–H groups in total. The molecule has 0 unspecified atom stereocenters. The standard InChI is InChI=1S/C18H28N2O4/c1-3-23-14-16(21)13-19-9-11-20(12-10-19)18(22)15-5-7-17(8-6-15)24-4-2/h5-8,16,21H,3-4,9-14H2,1-2H3/t16-/m1/s1.